The Kier molecular flexibility index (Phi) is 3.25. The molecule has 2 aromatic rings. The zero-order valence-electron chi connectivity index (χ0n) is 11.6. The molecule has 0 nitrogen and oxygen atoms in total. The first-order valence-electron chi connectivity index (χ1n) is 7.11. The molecule has 1 aliphatic carbocycles. The molecule has 19 heavy (non-hydrogen) atoms. The molecule has 96 valence electrons. The summed E-state index contributed by atoms with van der Waals surface area (Å²) in [4.78, 5) is 0. The minimum atomic E-state index is 0.554. The van der Waals surface area contributed by atoms with Crippen LogP contribution in [0.4, 0.5) is 0 Å². The SMILES string of the molecule is CC(C)CC1C(c2ccccc2)=Cc2ccccc21. The summed E-state index contributed by atoms with van der Waals surface area (Å²) in [6.45, 7) is 4.62. The number of benzene rings is 2. The van der Waals surface area contributed by atoms with E-state index in [2.05, 4.69) is 74.5 Å². The molecule has 0 fully saturated rings. The quantitative estimate of drug-likeness (QED) is 0.685. The van der Waals surface area contributed by atoms with Crippen LogP contribution >= 0.6 is 0 Å². The molecule has 2 aromatic carbocycles. The lowest BCUT2D eigenvalue weighted by Crippen LogP contribution is -2.03. The van der Waals surface area contributed by atoms with Gasteiger partial charge in [0.2, 0.25) is 0 Å². The summed E-state index contributed by atoms with van der Waals surface area (Å²) in [5.41, 5.74) is 5.74. The third-order valence-corrected chi connectivity index (χ3v) is 3.87. The highest BCUT2D eigenvalue weighted by atomic mass is 14.3. The molecule has 0 heteroatoms. The maximum absolute atomic E-state index is 2.37. The monoisotopic (exact) mass is 248 g/mol. The fourth-order valence-corrected chi connectivity index (χ4v) is 3.04. The fourth-order valence-electron chi connectivity index (χ4n) is 3.04. The Balaban J connectivity index is 2.04. The van der Waals surface area contributed by atoms with Crippen molar-refractivity contribution in [1.29, 1.82) is 0 Å². The predicted molar refractivity (Wildman–Crippen MR) is 83.0 cm³/mol. The molecule has 1 atom stereocenters. The molecular formula is C19H20. The summed E-state index contributed by atoms with van der Waals surface area (Å²) in [6, 6.07) is 19.6. The van der Waals surface area contributed by atoms with Gasteiger partial charge in [-0.25, -0.2) is 0 Å². The van der Waals surface area contributed by atoms with E-state index in [-0.39, 0.29) is 0 Å². The second-order valence-electron chi connectivity index (χ2n) is 5.78. The number of rotatable bonds is 3. The molecule has 1 aliphatic rings. The van der Waals surface area contributed by atoms with Gasteiger partial charge in [-0.3, -0.25) is 0 Å². The van der Waals surface area contributed by atoms with Crippen LogP contribution in [-0.2, 0) is 0 Å². The molecule has 0 saturated carbocycles. The van der Waals surface area contributed by atoms with Gasteiger partial charge >= 0.3 is 0 Å². The average Bonchev–Trinajstić information content (AvgIpc) is 2.78. The summed E-state index contributed by atoms with van der Waals surface area (Å²) >= 11 is 0. The van der Waals surface area contributed by atoms with E-state index in [9.17, 15) is 0 Å². The van der Waals surface area contributed by atoms with Crippen LogP contribution in [-0.4, -0.2) is 0 Å². The van der Waals surface area contributed by atoms with E-state index < -0.39 is 0 Å². The summed E-state index contributed by atoms with van der Waals surface area (Å²) in [7, 11) is 0. The molecule has 0 N–H and O–H groups in total. The standard InChI is InChI=1S/C19H20/c1-14(2)12-19-17-11-7-6-10-16(17)13-18(19)15-8-4-3-5-9-15/h3-11,13-14,19H,12H2,1-2H3. The van der Waals surface area contributed by atoms with Crippen LogP contribution in [0.5, 0.6) is 0 Å². The Labute approximate surface area is 115 Å². The first-order valence-corrected chi connectivity index (χ1v) is 7.11. The number of hydrogen-bond acceptors (Lipinski definition) is 0. The van der Waals surface area contributed by atoms with Crippen LogP contribution in [0.2, 0.25) is 0 Å². The first kappa shape index (κ1) is 12.2. The highest BCUT2D eigenvalue weighted by Crippen LogP contribution is 2.44. The average molecular weight is 248 g/mol. The van der Waals surface area contributed by atoms with Crippen molar-refractivity contribution in [2.24, 2.45) is 5.92 Å². The maximum atomic E-state index is 2.37. The Bertz CT molecular complexity index is 590. The van der Waals surface area contributed by atoms with Gasteiger partial charge in [-0.2, -0.15) is 0 Å². The van der Waals surface area contributed by atoms with E-state index in [0.717, 1.165) is 0 Å². The molecule has 1 unspecified atom stereocenters. The van der Waals surface area contributed by atoms with Gasteiger partial charge in [0.15, 0.2) is 0 Å². The minimum Gasteiger partial charge on any atom is -0.0627 e. The fraction of sp³-hybridized carbons (Fsp3) is 0.263. The zero-order valence-corrected chi connectivity index (χ0v) is 11.6. The van der Waals surface area contributed by atoms with Gasteiger partial charge in [0.05, 0.1) is 0 Å². The largest absolute Gasteiger partial charge is 0.0627 e. The van der Waals surface area contributed by atoms with Crippen molar-refractivity contribution in [3.8, 4) is 0 Å². The second kappa shape index (κ2) is 5.05. The number of hydrogen-bond donors (Lipinski definition) is 0. The van der Waals surface area contributed by atoms with Crippen molar-refractivity contribution in [2.45, 2.75) is 26.2 Å². The van der Waals surface area contributed by atoms with Gasteiger partial charge in [0.1, 0.15) is 0 Å². The van der Waals surface area contributed by atoms with E-state index in [1.165, 1.54) is 28.7 Å². The van der Waals surface area contributed by atoms with Crippen LogP contribution < -0.4 is 0 Å². The van der Waals surface area contributed by atoms with E-state index in [1.54, 1.807) is 0 Å². The molecule has 0 heterocycles. The van der Waals surface area contributed by atoms with Crippen LogP contribution in [0.1, 0.15) is 42.9 Å². The van der Waals surface area contributed by atoms with E-state index >= 15 is 0 Å². The van der Waals surface area contributed by atoms with Gasteiger partial charge < -0.3 is 0 Å². The zero-order chi connectivity index (χ0) is 13.2. The van der Waals surface area contributed by atoms with Gasteiger partial charge in [0, 0.05) is 5.92 Å². The maximum Gasteiger partial charge on any atom is 0.0104 e. The molecule has 0 saturated heterocycles. The molecular weight excluding hydrogens is 228 g/mol. The van der Waals surface area contributed by atoms with Crippen molar-refractivity contribution < 1.29 is 0 Å². The van der Waals surface area contributed by atoms with Crippen molar-refractivity contribution in [1.82, 2.24) is 0 Å². The van der Waals surface area contributed by atoms with Crippen LogP contribution in [0, 0.1) is 5.92 Å². The van der Waals surface area contributed by atoms with Crippen molar-refractivity contribution in [3.63, 3.8) is 0 Å². The van der Waals surface area contributed by atoms with Crippen LogP contribution in [0.15, 0.2) is 54.6 Å². The first-order chi connectivity index (χ1) is 9.25. The number of allylic oxidation sites excluding steroid dienone is 1. The van der Waals surface area contributed by atoms with E-state index in [1.807, 2.05) is 0 Å². The lowest BCUT2D eigenvalue weighted by molar-refractivity contribution is 0.559. The minimum absolute atomic E-state index is 0.554. The molecule has 0 radical (unpaired) electrons. The molecule has 0 amide bonds. The smallest absolute Gasteiger partial charge is 0.0104 e. The second-order valence-corrected chi connectivity index (χ2v) is 5.78. The lowest BCUT2D eigenvalue weighted by atomic mass is 9.85. The molecule has 3 rings (SSSR count). The molecule has 0 spiro atoms. The van der Waals surface area contributed by atoms with Gasteiger partial charge in [-0.15, -0.1) is 0 Å². The number of fused-ring (bicyclic) bond motifs is 1. The molecule has 0 bridgehead atoms. The van der Waals surface area contributed by atoms with Gasteiger partial charge in [-0.05, 0) is 34.6 Å². The Hall–Kier alpha value is -1.82. The Morgan fingerprint density at radius 1 is 0.895 bits per heavy atom. The summed E-state index contributed by atoms with van der Waals surface area (Å²) in [5.74, 6) is 1.27. The van der Waals surface area contributed by atoms with Gasteiger partial charge in [0.25, 0.3) is 0 Å². The predicted octanol–water partition coefficient (Wildman–Crippen LogP) is 5.37. The van der Waals surface area contributed by atoms with Crippen molar-refractivity contribution in [2.75, 3.05) is 0 Å². The third-order valence-electron chi connectivity index (χ3n) is 3.87. The molecule has 0 aromatic heterocycles. The highest BCUT2D eigenvalue weighted by Gasteiger charge is 2.26. The van der Waals surface area contributed by atoms with Gasteiger partial charge in [-0.1, -0.05) is 74.5 Å². The topological polar surface area (TPSA) is 0 Å². The normalized spacial score (nSPS) is 17.4. The molecule has 0 aliphatic heterocycles. The summed E-state index contributed by atoms with van der Waals surface area (Å²) < 4.78 is 0. The Morgan fingerprint density at radius 2 is 1.58 bits per heavy atom. The van der Waals surface area contributed by atoms with Crippen molar-refractivity contribution in [3.05, 3.63) is 71.3 Å². The van der Waals surface area contributed by atoms with Crippen LogP contribution in [0.3, 0.4) is 0 Å². The van der Waals surface area contributed by atoms with E-state index in [0.29, 0.717) is 11.8 Å². The van der Waals surface area contributed by atoms with Crippen molar-refractivity contribution >= 4 is 11.6 Å². The van der Waals surface area contributed by atoms with E-state index in [4.69, 9.17) is 0 Å². The highest BCUT2D eigenvalue weighted by molar-refractivity contribution is 5.91. The Morgan fingerprint density at radius 3 is 2.32 bits per heavy atom. The summed E-state index contributed by atoms with van der Waals surface area (Å²) in [5, 5.41) is 0. The lowest BCUT2D eigenvalue weighted by Gasteiger charge is -2.19. The third kappa shape index (κ3) is 2.35. The van der Waals surface area contributed by atoms with Crippen LogP contribution in [0.25, 0.3) is 11.6 Å². The summed E-state index contributed by atoms with van der Waals surface area (Å²) in [6.07, 6.45) is 3.59.